The van der Waals surface area contributed by atoms with Gasteiger partial charge in [0.05, 0.1) is 33.8 Å². The highest BCUT2D eigenvalue weighted by molar-refractivity contribution is 6.51. The SMILES string of the molecule is Cc1nn(-c2ccccc2)c2c1[C@H](c1ccc(C(C)(C)C)cc1)N1C(=N2)C(Nc2ccc(F)c(Cl)c2)=Nc2ccccc21. The molecule has 0 bridgehead atoms. The molecule has 0 radical (unpaired) electrons. The van der Waals surface area contributed by atoms with Crippen molar-refractivity contribution in [1.82, 2.24) is 9.78 Å². The lowest BCUT2D eigenvalue weighted by Crippen LogP contribution is -2.46. The molecule has 7 rings (SSSR count). The Morgan fingerprint density at radius 2 is 1.58 bits per heavy atom. The number of aryl methyl sites for hydroxylation is 1. The molecule has 1 atom stereocenters. The van der Waals surface area contributed by atoms with E-state index in [1.165, 1.54) is 11.6 Å². The Balaban J connectivity index is 1.47. The van der Waals surface area contributed by atoms with E-state index >= 15 is 0 Å². The topological polar surface area (TPSA) is 57.8 Å². The molecule has 0 saturated carbocycles. The highest BCUT2D eigenvalue weighted by Crippen LogP contribution is 2.48. The van der Waals surface area contributed by atoms with Crippen molar-refractivity contribution in [3.63, 3.8) is 0 Å². The third-order valence-corrected chi connectivity index (χ3v) is 8.20. The summed E-state index contributed by atoms with van der Waals surface area (Å²) >= 11 is 6.15. The summed E-state index contributed by atoms with van der Waals surface area (Å²) in [6.07, 6.45) is 0. The summed E-state index contributed by atoms with van der Waals surface area (Å²) in [5.41, 5.74) is 7.57. The van der Waals surface area contributed by atoms with E-state index in [9.17, 15) is 4.39 Å². The summed E-state index contributed by atoms with van der Waals surface area (Å²) in [6, 6.07) is 31.2. The van der Waals surface area contributed by atoms with Crippen LogP contribution in [0, 0.1) is 12.7 Å². The molecule has 43 heavy (non-hydrogen) atoms. The zero-order valence-corrected chi connectivity index (χ0v) is 25.1. The second kappa shape index (κ2) is 10.2. The molecule has 2 aliphatic heterocycles. The first-order valence-corrected chi connectivity index (χ1v) is 14.6. The van der Waals surface area contributed by atoms with Crippen LogP contribution in [0.15, 0.2) is 107 Å². The van der Waals surface area contributed by atoms with Gasteiger partial charge in [-0.1, -0.05) is 87.0 Å². The molecular formula is C35H30ClFN6. The molecule has 3 heterocycles. The number of hydrogen-bond donors (Lipinski definition) is 1. The number of halogens is 2. The summed E-state index contributed by atoms with van der Waals surface area (Å²) in [4.78, 5) is 12.5. The predicted octanol–water partition coefficient (Wildman–Crippen LogP) is 9.07. The molecule has 5 aromatic rings. The van der Waals surface area contributed by atoms with Gasteiger partial charge in [0, 0.05) is 11.3 Å². The lowest BCUT2D eigenvalue weighted by Gasteiger charge is -2.40. The van der Waals surface area contributed by atoms with Gasteiger partial charge < -0.3 is 10.2 Å². The van der Waals surface area contributed by atoms with Gasteiger partial charge in [0.2, 0.25) is 0 Å². The highest BCUT2D eigenvalue weighted by atomic mass is 35.5. The van der Waals surface area contributed by atoms with E-state index in [-0.39, 0.29) is 16.5 Å². The second-order valence-corrected chi connectivity index (χ2v) is 12.3. The largest absolute Gasteiger partial charge is 0.337 e. The predicted molar refractivity (Wildman–Crippen MR) is 173 cm³/mol. The van der Waals surface area contributed by atoms with Gasteiger partial charge in [-0.2, -0.15) is 5.10 Å². The van der Waals surface area contributed by atoms with Crippen LogP contribution in [0.5, 0.6) is 0 Å². The lowest BCUT2D eigenvalue weighted by atomic mass is 9.85. The third kappa shape index (κ3) is 4.70. The van der Waals surface area contributed by atoms with Crippen LogP contribution in [0.25, 0.3) is 5.69 Å². The van der Waals surface area contributed by atoms with Crippen molar-refractivity contribution in [2.24, 2.45) is 9.98 Å². The number of hydrogen-bond acceptors (Lipinski definition) is 5. The number of benzene rings is 4. The number of nitrogens with zero attached hydrogens (tertiary/aromatic N) is 5. The molecular weight excluding hydrogens is 559 g/mol. The van der Waals surface area contributed by atoms with E-state index in [1.54, 1.807) is 12.1 Å². The van der Waals surface area contributed by atoms with Gasteiger partial charge in [-0.05, 0) is 65.9 Å². The van der Waals surface area contributed by atoms with Crippen LogP contribution in [0.4, 0.5) is 27.3 Å². The lowest BCUT2D eigenvalue weighted by molar-refractivity contribution is 0.589. The van der Waals surface area contributed by atoms with Crippen molar-refractivity contribution < 1.29 is 4.39 Å². The number of para-hydroxylation sites is 3. The van der Waals surface area contributed by atoms with E-state index in [2.05, 4.69) is 61.3 Å². The Kier molecular flexibility index (Phi) is 6.43. The van der Waals surface area contributed by atoms with Crippen LogP contribution in [0.3, 0.4) is 0 Å². The minimum atomic E-state index is -0.481. The number of nitrogens with one attached hydrogen (secondary N) is 1. The Bertz CT molecular complexity index is 1920. The first-order chi connectivity index (χ1) is 20.7. The van der Waals surface area contributed by atoms with Gasteiger partial charge in [-0.3, -0.25) is 0 Å². The minimum Gasteiger partial charge on any atom is -0.337 e. The second-order valence-electron chi connectivity index (χ2n) is 11.9. The van der Waals surface area contributed by atoms with Crippen molar-refractivity contribution in [2.45, 2.75) is 39.2 Å². The van der Waals surface area contributed by atoms with Crippen molar-refractivity contribution in [3.05, 3.63) is 130 Å². The van der Waals surface area contributed by atoms with Gasteiger partial charge in [-0.25, -0.2) is 19.1 Å². The van der Waals surface area contributed by atoms with Gasteiger partial charge in [-0.15, -0.1) is 0 Å². The number of aromatic nitrogens is 2. The van der Waals surface area contributed by atoms with Gasteiger partial charge in [0.15, 0.2) is 17.5 Å². The molecule has 2 aliphatic rings. The van der Waals surface area contributed by atoms with Crippen LogP contribution < -0.4 is 10.2 Å². The Morgan fingerprint density at radius 3 is 2.30 bits per heavy atom. The summed E-state index contributed by atoms with van der Waals surface area (Å²) in [5.74, 6) is 1.42. The maximum atomic E-state index is 14.0. The van der Waals surface area contributed by atoms with Crippen molar-refractivity contribution in [2.75, 3.05) is 10.2 Å². The maximum absolute atomic E-state index is 14.0. The van der Waals surface area contributed by atoms with Crippen LogP contribution in [0.1, 0.15) is 49.2 Å². The van der Waals surface area contributed by atoms with Crippen LogP contribution in [0.2, 0.25) is 5.02 Å². The molecule has 0 amide bonds. The van der Waals surface area contributed by atoms with Crippen molar-refractivity contribution in [3.8, 4) is 5.69 Å². The quantitative estimate of drug-likeness (QED) is 0.229. The fourth-order valence-electron chi connectivity index (χ4n) is 5.74. The van der Waals surface area contributed by atoms with Gasteiger partial charge in [0.1, 0.15) is 5.82 Å². The normalized spacial score (nSPS) is 15.7. The molecule has 214 valence electrons. The number of rotatable bonds is 3. The molecule has 0 fully saturated rings. The van der Waals surface area contributed by atoms with Crippen LogP contribution >= 0.6 is 11.6 Å². The maximum Gasteiger partial charge on any atom is 0.179 e. The van der Waals surface area contributed by atoms with E-state index in [0.29, 0.717) is 17.4 Å². The number of fused-ring (bicyclic) bond motifs is 4. The molecule has 0 spiro atoms. The van der Waals surface area contributed by atoms with Crippen LogP contribution in [-0.4, -0.2) is 21.5 Å². The standard InChI is InChI=1S/C35H30ClFN6/c1-21-30-31(22-14-16-23(17-15-22)35(2,3)4)42-29-13-9-8-12-28(29)39-32(38-24-18-19-27(37)26(36)20-24)34(42)40-33(30)43(41-21)25-10-6-5-7-11-25/h5-20,31H,1-4H3,(H,38,39)/t31-/m0/s1. The van der Waals surface area contributed by atoms with Crippen molar-refractivity contribution in [1.29, 1.82) is 0 Å². The minimum absolute atomic E-state index is 0.0227. The first-order valence-electron chi connectivity index (χ1n) is 14.2. The molecule has 8 heteroatoms. The number of amidine groups is 2. The van der Waals surface area contributed by atoms with E-state index < -0.39 is 5.82 Å². The Labute approximate surface area is 255 Å². The van der Waals surface area contributed by atoms with Gasteiger partial charge >= 0.3 is 0 Å². The van der Waals surface area contributed by atoms with Gasteiger partial charge in [0.25, 0.3) is 0 Å². The number of anilines is 2. The zero-order valence-electron chi connectivity index (χ0n) is 24.3. The fourth-order valence-corrected chi connectivity index (χ4v) is 5.92. The first kappa shape index (κ1) is 27.1. The van der Waals surface area contributed by atoms with E-state index in [4.69, 9.17) is 26.7 Å². The van der Waals surface area contributed by atoms with E-state index in [0.717, 1.165) is 39.7 Å². The molecule has 0 unspecified atom stereocenters. The summed E-state index contributed by atoms with van der Waals surface area (Å²) < 4.78 is 15.9. The summed E-state index contributed by atoms with van der Waals surface area (Å²) in [7, 11) is 0. The average Bonchev–Trinajstić information content (AvgIpc) is 3.34. The summed E-state index contributed by atoms with van der Waals surface area (Å²) in [6.45, 7) is 8.70. The highest BCUT2D eigenvalue weighted by Gasteiger charge is 2.41. The summed E-state index contributed by atoms with van der Waals surface area (Å²) in [5, 5.41) is 8.42. The molecule has 0 saturated heterocycles. The molecule has 1 N–H and O–H groups in total. The average molecular weight is 589 g/mol. The smallest absolute Gasteiger partial charge is 0.179 e. The Morgan fingerprint density at radius 1 is 0.860 bits per heavy atom. The molecule has 1 aromatic heterocycles. The van der Waals surface area contributed by atoms with Crippen molar-refractivity contribution >= 4 is 46.2 Å². The van der Waals surface area contributed by atoms with E-state index in [1.807, 2.05) is 60.1 Å². The molecule has 6 nitrogen and oxygen atoms in total. The molecule has 0 aliphatic carbocycles. The molecule has 4 aromatic carbocycles. The zero-order chi connectivity index (χ0) is 29.9. The monoisotopic (exact) mass is 588 g/mol. The number of aliphatic imine (C=N–C) groups is 2. The Hall–Kier alpha value is -4.75. The van der Waals surface area contributed by atoms with Crippen LogP contribution in [-0.2, 0) is 5.41 Å². The third-order valence-electron chi connectivity index (χ3n) is 7.91. The fraction of sp³-hybridized carbons (Fsp3) is 0.171.